The quantitative estimate of drug-likeness (QED) is 0.729. The summed E-state index contributed by atoms with van der Waals surface area (Å²) in [5.74, 6) is -0.0987. The zero-order valence-electron chi connectivity index (χ0n) is 18.2. The molecule has 0 spiro atoms. The third-order valence-corrected chi connectivity index (χ3v) is 8.40. The number of ether oxygens (including phenoxy) is 1. The minimum atomic E-state index is -3.65. The fourth-order valence-corrected chi connectivity index (χ4v) is 6.02. The van der Waals surface area contributed by atoms with E-state index in [4.69, 9.17) is 4.74 Å². The Morgan fingerprint density at radius 3 is 2.45 bits per heavy atom. The van der Waals surface area contributed by atoms with E-state index >= 15 is 0 Å². The van der Waals surface area contributed by atoms with Crippen molar-refractivity contribution >= 4 is 15.9 Å². The summed E-state index contributed by atoms with van der Waals surface area (Å²) in [6, 6.07) is 15.2. The molecule has 2 aliphatic rings. The number of carbonyl (C=O) groups excluding carboxylic acids is 1. The summed E-state index contributed by atoms with van der Waals surface area (Å²) in [6.45, 7) is 6.82. The summed E-state index contributed by atoms with van der Waals surface area (Å²) in [6.07, 6.45) is 1.94. The van der Waals surface area contributed by atoms with E-state index in [0.717, 1.165) is 18.4 Å². The Morgan fingerprint density at radius 2 is 1.74 bits per heavy atom. The van der Waals surface area contributed by atoms with Crippen molar-refractivity contribution in [2.45, 2.75) is 37.0 Å². The van der Waals surface area contributed by atoms with Crippen LogP contribution in [0.15, 0.2) is 53.4 Å². The molecule has 1 amide bonds. The molecule has 2 heterocycles. The summed E-state index contributed by atoms with van der Waals surface area (Å²) in [5.41, 5.74) is 2.37. The van der Waals surface area contributed by atoms with Gasteiger partial charge in [0.15, 0.2) is 0 Å². The molecule has 7 heteroatoms. The molecular formula is C24H30N2O4S. The highest BCUT2D eigenvalue weighted by Crippen LogP contribution is 2.34. The molecule has 166 valence electrons. The first-order chi connectivity index (χ1) is 14.8. The van der Waals surface area contributed by atoms with E-state index in [9.17, 15) is 13.2 Å². The van der Waals surface area contributed by atoms with Gasteiger partial charge < -0.3 is 9.64 Å². The summed E-state index contributed by atoms with van der Waals surface area (Å²) in [7, 11) is -3.65. The number of hydrogen-bond donors (Lipinski definition) is 0. The number of hydrogen-bond acceptors (Lipinski definition) is 4. The van der Waals surface area contributed by atoms with Crippen molar-refractivity contribution in [1.82, 2.24) is 9.21 Å². The van der Waals surface area contributed by atoms with Crippen molar-refractivity contribution in [1.29, 1.82) is 0 Å². The van der Waals surface area contributed by atoms with Crippen LogP contribution in [-0.4, -0.2) is 62.9 Å². The van der Waals surface area contributed by atoms with Crippen LogP contribution < -0.4 is 0 Å². The predicted octanol–water partition coefficient (Wildman–Crippen LogP) is 3.21. The van der Waals surface area contributed by atoms with E-state index in [0.29, 0.717) is 45.0 Å². The molecule has 6 nitrogen and oxygen atoms in total. The fourth-order valence-electron chi connectivity index (χ4n) is 4.59. The molecule has 0 bridgehead atoms. The van der Waals surface area contributed by atoms with E-state index in [1.54, 1.807) is 18.2 Å². The van der Waals surface area contributed by atoms with E-state index in [1.807, 2.05) is 30.0 Å². The van der Waals surface area contributed by atoms with Crippen LogP contribution in [0, 0.1) is 6.92 Å². The summed E-state index contributed by atoms with van der Waals surface area (Å²) in [5, 5.41) is 0. The standard InChI is InChI=1S/C24H30N2O4S/c1-19-9-10-21(31(28,29)26-13-15-30-16-14-26)17-22(19)23(27)25-12-6-11-24(2,18-25)20-7-4-3-5-8-20/h3-5,7-10,17H,6,11-16,18H2,1-2H3. The molecule has 0 aliphatic carbocycles. The Morgan fingerprint density at radius 1 is 1.03 bits per heavy atom. The topological polar surface area (TPSA) is 66.9 Å². The van der Waals surface area contributed by atoms with Crippen molar-refractivity contribution in [3.8, 4) is 0 Å². The van der Waals surface area contributed by atoms with Gasteiger partial charge in [0.25, 0.3) is 5.91 Å². The Bertz CT molecular complexity index is 1050. The second kappa shape index (κ2) is 8.73. The first-order valence-corrected chi connectivity index (χ1v) is 12.3. The van der Waals surface area contributed by atoms with Crippen molar-refractivity contribution in [3.05, 3.63) is 65.2 Å². The average molecular weight is 443 g/mol. The predicted molar refractivity (Wildman–Crippen MR) is 120 cm³/mol. The van der Waals surface area contributed by atoms with Gasteiger partial charge in [0, 0.05) is 37.2 Å². The maximum absolute atomic E-state index is 13.5. The summed E-state index contributed by atoms with van der Waals surface area (Å²) >= 11 is 0. The van der Waals surface area contributed by atoms with Gasteiger partial charge in [-0.15, -0.1) is 0 Å². The van der Waals surface area contributed by atoms with Crippen molar-refractivity contribution < 1.29 is 17.9 Å². The van der Waals surface area contributed by atoms with E-state index < -0.39 is 10.0 Å². The SMILES string of the molecule is Cc1ccc(S(=O)(=O)N2CCOCC2)cc1C(=O)N1CCCC(C)(c2ccccc2)C1. The van der Waals surface area contributed by atoms with Crippen LogP contribution in [0.2, 0.25) is 0 Å². The molecule has 0 N–H and O–H groups in total. The monoisotopic (exact) mass is 442 g/mol. The maximum atomic E-state index is 13.5. The van der Waals surface area contributed by atoms with E-state index in [1.165, 1.54) is 9.87 Å². The third kappa shape index (κ3) is 4.40. The molecule has 1 atom stereocenters. The molecule has 0 aromatic heterocycles. The lowest BCUT2D eigenvalue weighted by molar-refractivity contribution is 0.0649. The molecular weight excluding hydrogens is 412 g/mol. The summed E-state index contributed by atoms with van der Waals surface area (Å²) < 4.78 is 32.9. The second-order valence-electron chi connectivity index (χ2n) is 8.75. The lowest BCUT2D eigenvalue weighted by atomic mass is 9.76. The number of likely N-dealkylation sites (tertiary alicyclic amines) is 1. The first kappa shape index (κ1) is 22.0. The van der Waals surface area contributed by atoms with E-state index in [2.05, 4.69) is 19.1 Å². The van der Waals surface area contributed by atoms with Crippen LogP contribution in [0.25, 0.3) is 0 Å². The highest BCUT2D eigenvalue weighted by atomic mass is 32.2. The van der Waals surface area contributed by atoms with Crippen LogP contribution in [0.4, 0.5) is 0 Å². The van der Waals surface area contributed by atoms with Gasteiger partial charge in [-0.3, -0.25) is 4.79 Å². The smallest absolute Gasteiger partial charge is 0.254 e. The number of carbonyl (C=O) groups is 1. The van der Waals surface area contributed by atoms with E-state index in [-0.39, 0.29) is 16.2 Å². The second-order valence-corrected chi connectivity index (χ2v) is 10.7. The molecule has 4 rings (SSSR count). The molecule has 0 saturated carbocycles. The van der Waals surface area contributed by atoms with Crippen molar-refractivity contribution in [2.24, 2.45) is 0 Å². The normalized spacial score (nSPS) is 23.0. The largest absolute Gasteiger partial charge is 0.379 e. The number of aryl methyl sites for hydroxylation is 1. The van der Waals surface area contributed by atoms with Crippen LogP contribution in [-0.2, 0) is 20.2 Å². The minimum absolute atomic E-state index is 0.0987. The van der Waals surface area contributed by atoms with Crippen LogP contribution in [0.5, 0.6) is 0 Å². The fraction of sp³-hybridized carbons (Fsp3) is 0.458. The molecule has 2 fully saturated rings. The van der Waals surface area contributed by atoms with Gasteiger partial charge in [0.2, 0.25) is 10.0 Å². The Labute approximate surface area is 184 Å². The van der Waals surface area contributed by atoms with Crippen LogP contribution in [0.3, 0.4) is 0 Å². The van der Waals surface area contributed by atoms with Crippen LogP contribution in [0.1, 0.15) is 41.3 Å². The molecule has 31 heavy (non-hydrogen) atoms. The number of sulfonamides is 1. The third-order valence-electron chi connectivity index (χ3n) is 6.50. The van der Waals surface area contributed by atoms with Gasteiger partial charge in [-0.25, -0.2) is 8.42 Å². The number of benzene rings is 2. The molecule has 0 radical (unpaired) electrons. The number of piperidine rings is 1. The first-order valence-electron chi connectivity index (χ1n) is 10.8. The van der Waals surface area contributed by atoms with Gasteiger partial charge in [0.1, 0.15) is 0 Å². The van der Waals surface area contributed by atoms with Gasteiger partial charge in [-0.1, -0.05) is 43.3 Å². The Kier molecular flexibility index (Phi) is 6.19. The number of amides is 1. The lowest BCUT2D eigenvalue weighted by Crippen LogP contribution is -2.47. The lowest BCUT2D eigenvalue weighted by Gasteiger charge is -2.41. The molecule has 2 aliphatic heterocycles. The number of rotatable bonds is 4. The zero-order chi connectivity index (χ0) is 22.1. The molecule has 1 unspecified atom stereocenters. The average Bonchev–Trinajstić information content (AvgIpc) is 2.80. The Balaban J connectivity index is 1.60. The van der Waals surface area contributed by atoms with Gasteiger partial charge >= 0.3 is 0 Å². The van der Waals surface area contributed by atoms with Gasteiger partial charge in [0.05, 0.1) is 18.1 Å². The van der Waals surface area contributed by atoms with Crippen molar-refractivity contribution in [2.75, 3.05) is 39.4 Å². The zero-order valence-corrected chi connectivity index (χ0v) is 19.0. The summed E-state index contributed by atoms with van der Waals surface area (Å²) in [4.78, 5) is 15.5. The maximum Gasteiger partial charge on any atom is 0.254 e. The highest BCUT2D eigenvalue weighted by Gasteiger charge is 2.35. The molecule has 2 saturated heterocycles. The van der Waals surface area contributed by atoms with Gasteiger partial charge in [-0.05, 0) is 43.0 Å². The molecule has 2 aromatic carbocycles. The molecule has 2 aromatic rings. The highest BCUT2D eigenvalue weighted by molar-refractivity contribution is 7.89. The van der Waals surface area contributed by atoms with Crippen molar-refractivity contribution in [3.63, 3.8) is 0 Å². The minimum Gasteiger partial charge on any atom is -0.379 e. The number of nitrogens with zero attached hydrogens (tertiary/aromatic N) is 2. The number of morpholine rings is 1. The Hall–Kier alpha value is -2.22. The van der Waals surface area contributed by atoms with Gasteiger partial charge in [-0.2, -0.15) is 4.31 Å². The van der Waals surface area contributed by atoms with Crippen LogP contribution >= 0.6 is 0 Å².